The van der Waals surface area contributed by atoms with E-state index in [1.54, 1.807) is 12.1 Å². The molecule has 1 fully saturated rings. The molecule has 0 spiro atoms. The highest BCUT2D eigenvalue weighted by molar-refractivity contribution is 6.55. The van der Waals surface area contributed by atoms with Crippen LogP contribution in [-0.4, -0.2) is 42.6 Å². The van der Waals surface area contributed by atoms with Gasteiger partial charge in [-0.2, -0.15) is 13.2 Å². The van der Waals surface area contributed by atoms with Gasteiger partial charge < -0.3 is 19.8 Å². The Bertz CT molecular complexity index is 615. The number of aromatic nitrogens is 1. The van der Waals surface area contributed by atoms with E-state index in [1.807, 2.05) is 27.7 Å². The predicted molar refractivity (Wildman–Crippen MR) is 88.9 cm³/mol. The van der Waals surface area contributed by atoms with Crippen LogP contribution in [0.1, 0.15) is 33.3 Å². The number of halogens is 3. The number of pyridine rings is 1. The summed E-state index contributed by atoms with van der Waals surface area (Å²) in [5.74, 6) is -0.0978. The third-order valence-electron chi connectivity index (χ3n) is 4.29. The molecule has 2 heterocycles. The first kappa shape index (κ1) is 19.7. The molecule has 1 aromatic rings. The molecule has 138 valence electrons. The molecule has 0 amide bonds. The minimum absolute atomic E-state index is 0.0978. The van der Waals surface area contributed by atoms with E-state index in [9.17, 15) is 13.2 Å². The Morgan fingerprint density at radius 1 is 1.24 bits per heavy atom. The first-order chi connectivity index (χ1) is 11.4. The van der Waals surface area contributed by atoms with Gasteiger partial charge in [-0.3, -0.25) is 0 Å². The Morgan fingerprint density at radius 3 is 2.28 bits per heavy atom. The van der Waals surface area contributed by atoms with Crippen molar-refractivity contribution in [1.82, 2.24) is 4.98 Å². The van der Waals surface area contributed by atoms with Crippen molar-refractivity contribution >= 4 is 13.2 Å². The van der Waals surface area contributed by atoms with Gasteiger partial charge in [-0.1, -0.05) is 6.08 Å². The highest BCUT2D eigenvalue weighted by Crippen LogP contribution is 2.38. The molecular formula is C16H22BF3N2O3. The maximum atomic E-state index is 12.1. The van der Waals surface area contributed by atoms with Gasteiger partial charge in [-0.15, -0.1) is 0 Å². The molecule has 1 aromatic heterocycles. The quantitative estimate of drug-likeness (QED) is 0.820. The topological polar surface area (TPSA) is 66.6 Å². The zero-order valence-corrected chi connectivity index (χ0v) is 14.7. The summed E-state index contributed by atoms with van der Waals surface area (Å²) in [6.07, 6.45) is -1.24. The molecule has 1 aliphatic heterocycles. The van der Waals surface area contributed by atoms with Crippen LogP contribution in [0.15, 0.2) is 23.8 Å². The van der Waals surface area contributed by atoms with Crippen molar-refractivity contribution in [3.63, 3.8) is 0 Å². The number of nitrogens with zero attached hydrogens (tertiary/aromatic N) is 1. The van der Waals surface area contributed by atoms with E-state index >= 15 is 0 Å². The van der Waals surface area contributed by atoms with Crippen LogP contribution in [0.25, 0.3) is 6.08 Å². The van der Waals surface area contributed by atoms with Gasteiger partial charge in [0.05, 0.1) is 11.2 Å². The molecule has 5 nitrogen and oxygen atoms in total. The molecule has 9 heteroatoms. The fourth-order valence-electron chi connectivity index (χ4n) is 2.15. The number of nitrogens with two attached hydrogens (primary N) is 1. The van der Waals surface area contributed by atoms with Crippen molar-refractivity contribution < 1.29 is 27.2 Å². The highest BCUT2D eigenvalue weighted by Gasteiger charge is 2.52. The van der Waals surface area contributed by atoms with Gasteiger partial charge in [-0.25, -0.2) is 4.98 Å². The van der Waals surface area contributed by atoms with Gasteiger partial charge in [0.2, 0.25) is 5.88 Å². The first-order valence-electron chi connectivity index (χ1n) is 7.85. The Morgan fingerprint density at radius 2 is 1.84 bits per heavy atom. The zero-order valence-electron chi connectivity index (χ0n) is 14.7. The molecule has 0 aliphatic carbocycles. The molecule has 0 atom stereocenters. The molecule has 2 N–H and O–H groups in total. The van der Waals surface area contributed by atoms with Gasteiger partial charge in [0.1, 0.15) is 0 Å². The summed E-state index contributed by atoms with van der Waals surface area (Å²) in [5, 5.41) is 0. The van der Waals surface area contributed by atoms with Crippen LogP contribution < -0.4 is 10.5 Å². The van der Waals surface area contributed by atoms with Crippen LogP contribution in [0.3, 0.4) is 0 Å². The van der Waals surface area contributed by atoms with Crippen molar-refractivity contribution in [3.05, 3.63) is 29.4 Å². The maximum absolute atomic E-state index is 12.1. The minimum atomic E-state index is -4.40. The lowest BCUT2D eigenvalue weighted by atomic mass is 9.77. The van der Waals surface area contributed by atoms with Crippen LogP contribution in [-0.2, 0) is 9.31 Å². The summed E-state index contributed by atoms with van der Waals surface area (Å²) < 4.78 is 52.9. The summed E-state index contributed by atoms with van der Waals surface area (Å²) in [7, 11) is -0.587. The molecule has 0 aromatic carbocycles. The minimum Gasteiger partial charge on any atom is -0.468 e. The highest BCUT2D eigenvalue weighted by atomic mass is 19.4. The fraction of sp³-hybridized carbons (Fsp3) is 0.562. The Labute approximate surface area is 145 Å². The number of ether oxygens (including phenoxy) is 1. The lowest BCUT2D eigenvalue weighted by molar-refractivity contribution is -0.154. The molecule has 0 bridgehead atoms. The summed E-state index contributed by atoms with van der Waals surface area (Å²) in [6.45, 7) is 6.59. The second-order valence-corrected chi connectivity index (χ2v) is 6.85. The smallest absolute Gasteiger partial charge is 0.468 e. The predicted octanol–water partition coefficient (Wildman–Crippen LogP) is 3.00. The van der Waals surface area contributed by atoms with Crippen molar-refractivity contribution in [2.24, 2.45) is 5.73 Å². The van der Waals surface area contributed by atoms with Crippen LogP contribution >= 0.6 is 0 Å². The van der Waals surface area contributed by atoms with Gasteiger partial charge in [0.25, 0.3) is 0 Å². The van der Waals surface area contributed by atoms with Gasteiger partial charge >= 0.3 is 13.3 Å². The summed E-state index contributed by atoms with van der Waals surface area (Å²) in [4.78, 5) is 3.86. The Balaban J connectivity index is 2.10. The summed E-state index contributed by atoms with van der Waals surface area (Å²) in [5.41, 5.74) is 6.21. The van der Waals surface area contributed by atoms with Gasteiger partial charge in [0, 0.05) is 18.8 Å². The van der Waals surface area contributed by atoms with Crippen molar-refractivity contribution in [1.29, 1.82) is 0 Å². The largest absolute Gasteiger partial charge is 0.491 e. The van der Waals surface area contributed by atoms with Crippen LogP contribution in [0.2, 0.25) is 0 Å². The van der Waals surface area contributed by atoms with E-state index in [4.69, 9.17) is 15.0 Å². The Kier molecular flexibility index (Phi) is 5.51. The monoisotopic (exact) mass is 358 g/mol. The summed E-state index contributed by atoms with van der Waals surface area (Å²) in [6, 6.07) is 2.97. The van der Waals surface area contributed by atoms with Gasteiger partial charge in [0.15, 0.2) is 6.61 Å². The molecule has 0 unspecified atom stereocenters. The number of rotatable bonds is 5. The van der Waals surface area contributed by atoms with Crippen molar-refractivity contribution in [2.45, 2.75) is 45.1 Å². The van der Waals surface area contributed by atoms with E-state index in [2.05, 4.69) is 9.72 Å². The Hall–Kier alpha value is -1.58. The molecule has 25 heavy (non-hydrogen) atoms. The summed E-state index contributed by atoms with van der Waals surface area (Å²) >= 11 is 0. The normalized spacial score (nSPS) is 20.0. The molecular weight excluding hydrogens is 336 g/mol. The third-order valence-corrected chi connectivity index (χ3v) is 4.29. The van der Waals surface area contributed by atoms with Crippen molar-refractivity contribution in [3.8, 4) is 5.88 Å². The second-order valence-electron chi connectivity index (χ2n) is 6.85. The molecule has 1 saturated heterocycles. The van der Waals surface area contributed by atoms with Crippen LogP contribution in [0, 0.1) is 0 Å². The lowest BCUT2D eigenvalue weighted by Gasteiger charge is -2.32. The number of hydrogen-bond donors (Lipinski definition) is 1. The molecule has 1 aliphatic rings. The zero-order chi connectivity index (χ0) is 18.9. The van der Waals surface area contributed by atoms with Crippen molar-refractivity contribution in [2.75, 3.05) is 13.2 Å². The SMILES string of the molecule is CC1(C)OB(C(=Cc2ccc(OCC(F)(F)F)nc2)CN)OC1(C)C. The van der Waals surface area contributed by atoms with Gasteiger partial charge in [-0.05, 0) is 44.8 Å². The van der Waals surface area contributed by atoms with E-state index in [-0.39, 0.29) is 12.4 Å². The van der Waals surface area contributed by atoms with Crippen LogP contribution in [0.4, 0.5) is 13.2 Å². The van der Waals surface area contributed by atoms with E-state index < -0.39 is 31.1 Å². The van der Waals surface area contributed by atoms with E-state index in [0.717, 1.165) is 0 Å². The molecule has 0 radical (unpaired) electrons. The third kappa shape index (κ3) is 4.96. The van der Waals surface area contributed by atoms with Crippen LogP contribution in [0.5, 0.6) is 5.88 Å². The molecule has 2 rings (SSSR count). The van der Waals surface area contributed by atoms with E-state index in [1.165, 1.54) is 12.3 Å². The average molecular weight is 358 g/mol. The first-order valence-corrected chi connectivity index (χ1v) is 7.85. The number of hydrogen-bond acceptors (Lipinski definition) is 5. The van der Waals surface area contributed by atoms with E-state index in [0.29, 0.717) is 11.0 Å². The fourth-order valence-corrected chi connectivity index (χ4v) is 2.15. The second kappa shape index (κ2) is 6.97. The number of alkyl halides is 3. The molecule has 0 saturated carbocycles. The average Bonchev–Trinajstić information content (AvgIpc) is 2.71. The maximum Gasteiger partial charge on any atom is 0.491 e. The standard InChI is InChI=1S/C16H22BF3N2O3/c1-14(2)15(3,4)25-17(24-14)12(8-21)7-11-5-6-13(22-9-11)23-10-16(18,19)20/h5-7,9H,8,10,21H2,1-4H3. The lowest BCUT2D eigenvalue weighted by Crippen LogP contribution is -2.41.